The van der Waals surface area contributed by atoms with Crippen molar-refractivity contribution in [2.45, 2.75) is 6.04 Å². The van der Waals surface area contributed by atoms with Crippen molar-refractivity contribution in [1.29, 1.82) is 5.26 Å². The molecule has 2 heterocycles. The van der Waals surface area contributed by atoms with Crippen molar-refractivity contribution in [1.82, 2.24) is 9.55 Å². The number of hydrogen-bond acceptors (Lipinski definition) is 6. The fourth-order valence-corrected chi connectivity index (χ4v) is 3.33. The third-order valence-corrected chi connectivity index (χ3v) is 4.50. The lowest BCUT2D eigenvalue weighted by atomic mass is 9.97. The van der Waals surface area contributed by atoms with Gasteiger partial charge in [0, 0.05) is 5.56 Å². The first kappa shape index (κ1) is 15.8. The number of methoxy groups -OCH3 is 2. The predicted molar refractivity (Wildman–Crippen MR) is 98.7 cm³/mol. The maximum absolute atomic E-state index is 9.78. The molecule has 0 bridgehead atoms. The highest BCUT2D eigenvalue weighted by atomic mass is 16.5. The van der Waals surface area contributed by atoms with Crippen LogP contribution in [0.1, 0.15) is 11.6 Å². The number of hydrogen-bond donors (Lipinski definition) is 2. The highest BCUT2D eigenvalue weighted by Crippen LogP contribution is 2.42. The van der Waals surface area contributed by atoms with Crippen LogP contribution in [0.3, 0.4) is 0 Å². The van der Waals surface area contributed by atoms with Gasteiger partial charge in [0.05, 0.1) is 36.9 Å². The molecular formula is C19H17N5O2. The Hall–Kier alpha value is -3.66. The number of nitrogens with two attached hydrogens (primary N) is 1. The molecular weight excluding hydrogens is 330 g/mol. The van der Waals surface area contributed by atoms with Crippen molar-refractivity contribution in [3.63, 3.8) is 0 Å². The van der Waals surface area contributed by atoms with E-state index in [1.165, 1.54) is 0 Å². The highest BCUT2D eigenvalue weighted by Gasteiger charge is 2.32. The fraction of sp³-hybridized carbons (Fsp3) is 0.158. The van der Waals surface area contributed by atoms with E-state index in [-0.39, 0.29) is 0 Å². The van der Waals surface area contributed by atoms with Crippen LogP contribution in [0, 0.1) is 11.3 Å². The molecule has 4 rings (SSSR count). The molecule has 0 aliphatic carbocycles. The van der Waals surface area contributed by atoms with Crippen LogP contribution in [0.25, 0.3) is 16.9 Å². The molecule has 7 heteroatoms. The first-order chi connectivity index (χ1) is 12.7. The number of nitrogens with zero attached hydrogens (tertiary/aromatic N) is 3. The zero-order chi connectivity index (χ0) is 18.3. The number of para-hydroxylation sites is 3. The molecule has 0 saturated heterocycles. The summed E-state index contributed by atoms with van der Waals surface area (Å²) in [6.45, 7) is 0. The standard InChI is InChI=1S/C19H17N5O2/c1-25-15-9-5-6-11(17(15)26-2)16-12(10-20)18(21)24-14-8-4-3-7-13(14)22-19(24)23-16/h3-9,16H,21H2,1-2H3,(H,22,23)/t16-/m0/s1. The first-order valence-corrected chi connectivity index (χ1v) is 8.04. The minimum absolute atomic E-state index is 0.352. The van der Waals surface area contributed by atoms with E-state index in [4.69, 9.17) is 15.2 Å². The molecule has 3 N–H and O–H groups in total. The van der Waals surface area contributed by atoms with E-state index in [0.29, 0.717) is 28.8 Å². The number of nitrogens with one attached hydrogen (secondary N) is 1. The summed E-state index contributed by atoms with van der Waals surface area (Å²) in [5, 5.41) is 13.1. The number of aromatic nitrogens is 2. The van der Waals surface area contributed by atoms with Gasteiger partial charge in [-0.2, -0.15) is 5.26 Å². The predicted octanol–water partition coefficient (Wildman–Crippen LogP) is 2.87. The summed E-state index contributed by atoms with van der Waals surface area (Å²) in [6, 6.07) is 14.9. The summed E-state index contributed by atoms with van der Waals surface area (Å²) in [4.78, 5) is 4.60. The van der Waals surface area contributed by atoms with Crippen molar-refractivity contribution in [2.24, 2.45) is 5.73 Å². The van der Waals surface area contributed by atoms with E-state index < -0.39 is 6.04 Å². The third kappa shape index (κ3) is 2.16. The molecule has 0 spiro atoms. The van der Waals surface area contributed by atoms with Gasteiger partial charge < -0.3 is 20.5 Å². The summed E-state index contributed by atoms with van der Waals surface area (Å²) in [6.07, 6.45) is 0. The van der Waals surface area contributed by atoms with Crippen LogP contribution in [-0.4, -0.2) is 23.8 Å². The Labute approximate surface area is 150 Å². The zero-order valence-corrected chi connectivity index (χ0v) is 14.4. The van der Waals surface area contributed by atoms with Gasteiger partial charge in [-0.15, -0.1) is 0 Å². The molecule has 3 aromatic rings. The molecule has 7 nitrogen and oxygen atoms in total. The smallest absolute Gasteiger partial charge is 0.210 e. The summed E-state index contributed by atoms with van der Waals surface area (Å²) in [5.74, 6) is 2.07. The van der Waals surface area contributed by atoms with Gasteiger partial charge in [0.1, 0.15) is 11.9 Å². The summed E-state index contributed by atoms with van der Waals surface area (Å²) in [5.41, 5.74) is 9.16. The van der Waals surface area contributed by atoms with Gasteiger partial charge in [0.15, 0.2) is 11.5 Å². The fourth-order valence-electron chi connectivity index (χ4n) is 3.33. The Morgan fingerprint density at radius 2 is 1.96 bits per heavy atom. The molecule has 0 amide bonds. The van der Waals surface area contributed by atoms with Crippen LogP contribution in [-0.2, 0) is 0 Å². The number of ether oxygens (including phenoxy) is 2. The van der Waals surface area contributed by atoms with Crippen LogP contribution in [0.5, 0.6) is 11.5 Å². The van der Waals surface area contributed by atoms with Crippen LogP contribution in [0.15, 0.2) is 48.0 Å². The molecule has 2 aromatic carbocycles. The van der Waals surface area contributed by atoms with E-state index in [1.54, 1.807) is 24.9 Å². The van der Waals surface area contributed by atoms with E-state index in [2.05, 4.69) is 16.4 Å². The minimum atomic E-state index is -0.491. The summed E-state index contributed by atoms with van der Waals surface area (Å²) in [7, 11) is 3.14. The van der Waals surface area contributed by atoms with Crippen LogP contribution < -0.4 is 20.5 Å². The molecule has 1 aliphatic rings. The second-order valence-electron chi connectivity index (χ2n) is 5.83. The van der Waals surface area contributed by atoms with Gasteiger partial charge in [0.25, 0.3) is 0 Å². The summed E-state index contributed by atoms with van der Waals surface area (Å²) >= 11 is 0. The average molecular weight is 347 g/mol. The molecule has 26 heavy (non-hydrogen) atoms. The topological polar surface area (TPSA) is 98.1 Å². The Kier molecular flexibility index (Phi) is 3.66. The Morgan fingerprint density at radius 3 is 2.69 bits per heavy atom. The second kappa shape index (κ2) is 6.01. The quantitative estimate of drug-likeness (QED) is 0.756. The zero-order valence-electron chi connectivity index (χ0n) is 14.4. The van der Waals surface area contributed by atoms with Crippen LogP contribution in [0.4, 0.5) is 5.95 Å². The van der Waals surface area contributed by atoms with Crippen LogP contribution >= 0.6 is 0 Å². The van der Waals surface area contributed by atoms with Gasteiger partial charge in [0.2, 0.25) is 5.95 Å². The third-order valence-electron chi connectivity index (χ3n) is 4.50. The van der Waals surface area contributed by atoms with Crippen molar-refractivity contribution < 1.29 is 9.47 Å². The average Bonchev–Trinajstić information content (AvgIpc) is 3.05. The Morgan fingerprint density at radius 1 is 1.15 bits per heavy atom. The number of imidazole rings is 1. The second-order valence-corrected chi connectivity index (χ2v) is 5.83. The van der Waals surface area contributed by atoms with E-state index in [0.717, 1.165) is 16.6 Å². The van der Waals surface area contributed by atoms with Crippen molar-refractivity contribution in [3.05, 3.63) is 53.6 Å². The lowest BCUT2D eigenvalue weighted by Crippen LogP contribution is -2.26. The SMILES string of the molecule is COc1cccc([C@@H]2Nc3nc4ccccc4n3C(N)=C2C#N)c1OC. The van der Waals surface area contributed by atoms with Gasteiger partial charge in [-0.05, 0) is 18.2 Å². The maximum Gasteiger partial charge on any atom is 0.210 e. The molecule has 130 valence electrons. The van der Waals surface area contributed by atoms with E-state index in [9.17, 15) is 5.26 Å². The molecule has 0 unspecified atom stereocenters. The molecule has 1 aliphatic heterocycles. The maximum atomic E-state index is 9.78. The molecule has 0 fully saturated rings. The normalized spacial score (nSPS) is 16.0. The Bertz CT molecular complexity index is 1080. The molecule has 0 radical (unpaired) electrons. The lowest BCUT2D eigenvalue weighted by molar-refractivity contribution is 0.351. The van der Waals surface area contributed by atoms with E-state index in [1.807, 2.05) is 36.4 Å². The van der Waals surface area contributed by atoms with Crippen molar-refractivity contribution >= 4 is 22.8 Å². The highest BCUT2D eigenvalue weighted by molar-refractivity contribution is 5.85. The largest absolute Gasteiger partial charge is 0.493 e. The number of benzene rings is 2. The monoisotopic (exact) mass is 347 g/mol. The van der Waals surface area contributed by atoms with Crippen molar-refractivity contribution in [2.75, 3.05) is 19.5 Å². The van der Waals surface area contributed by atoms with E-state index >= 15 is 0 Å². The molecule has 0 saturated carbocycles. The van der Waals surface area contributed by atoms with Crippen LogP contribution in [0.2, 0.25) is 0 Å². The van der Waals surface area contributed by atoms with Gasteiger partial charge >= 0.3 is 0 Å². The Balaban J connectivity index is 1.94. The molecule has 1 aromatic heterocycles. The minimum Gasteiger partial charge on any atom is -0.493 e. The van der Waals surface area contributed by atoms with Gasteiger partial charge in [-0.3, -0.25) is 4.57 Å². The number of fused-ring (bicyclic) bond motifs is 3. The van der Waals surface area contributed by atoms with Crippen molar-refractivity contribution in [3.8, 4) is 17.6 Å². The number of rotatable bonds is 3. The summed E-state index contributed by atoms with van der Waals surface area (Å²) < 4.78 is 12.7. The molecule has 1 atom stereocenters. The number of anilines is 1. The number of nitriles is 1. The lowest BCUT2D eigenvalue weighted by Gasteiger charge is -2.28. The van der Waals surface area contributed by atoms with Gasteiger partial charge in [-0.25, -0.2) is 4.98 Å². The van der Waals surface area contributed by atoms with Gasteiger partial charge in [-0.1, -0.05) is 24.3 Å². The first-order valence-electron chi connectivity index (χ1n) is 8.04.